The van der Waals surface area contributed by atoms with Gasteiger partial charge in [-0.2, -0.15) is 0 Å². The number of aryl methyl sites for hydroxylation is 1. The van der Waals surface area contributed by atoms with Crippen LogP contribution >= 0.6 is 0 Å². The molecule has 3 rings (SSSR count). The van der Waals surface area contributed by atoms with Crippen molar-refractivity contribution in [2.75, 3.05) is 6.54 Å². The summed E-state index contributed by atoms with van der Waals surface area (Å²) in [4.78, 5) is 25.7. The van der Waals surface area contributed by atoms with Crippen molar-refractivity contribution >= 4 is 17.1 Å². The molecule has 1 amide bonds. The fraction of sp³-hybridized carbons (Fsp3) is 0.533. The van der Waals surface area contributed by atoms with E-state index in [0.717, 1.165) is 41.7 Å². The Kier molecular flexibility index (Phi) is 3.42. The number of amides is 1. The Bertz CT molecular complexity index is 634. The number of pyridine rings is 1. The van der Waals surface area contributed by atoms with Gasteiger partial charge in [-0.15, -0.1) is 0 Å². The molecule has 0 spiro atoms. The molecule has 2 aromatic heterocycles. The predicted octanol–water partition coefficient (Wildman–Crippen LogP) is 2.41. The number of rotatable bonds is 4. The summed E-state index contributed by atoms with van der Waals surface area (Å²) in [6.45, 7) is 5.75. The van der Waals surface area contributed by atoms with E-state index in [1.165, 1.54) is 0 Å². The molecular formula is C15H20N4O. The van der Waals surface area contributed by atoms with Gasteiger partial charge < -0.3 is 9.88 Å². The number of imidazole rings is 1. The van der Waals surface area contributed by atoms with E-state index in [0.29, 0.717) is 18.9 Å². The summed E-state index contributed by atoms with van der Waals surface area (Å²) in [5.74, 6) is 0.791. The minimum Gasteiger partial charge on any atom is -0.343 e. The molecular weight excluding hydrogens is 252 g/mol. The number of hydrogen-bond donors (Lipinski definition) is 1. The Morgan fingerprint density at radius 3 is 3.10 bits per heavy atom. The summed E-state index contributed by atoms with van der Waals surface area (Å²) in [5.41, 5.74) is 3.92. The zero-order chi connectivity index (χ0) is 14.1. The molecule has 5 heteroatoms. The molecule has 1 atom stereocenters. The fourth-order valence-corrected chi connectivity index (χ4v) is 3.04. The van der Waals surface area contributed by atoms with Gasteiger partial charge in [0.25, 0.3) is 0 Å². The van der Waals surface area contributed by atoms with E-state index in [9.17, 15) is 4.79 Å². The first kappa shape index (κ1) is 13.1. The van der Waals surface area contributed by atoms with Crippen LogP contribution in [0.15, 0.2) is 12.5 Å². The van der Waals surface area contributed by atoms with E-state index in [2.05, 4.69) is 21.9 Å². The average Bonchev–Trinajstić information content (AvgIpc) is 3.01. The number of fused-ring (bicyclic) bond motifs is 1. The van der Waals surface area contributed by atoms with Crippen molar-refractivity contribution in [2.24, 2.45) is 5.92 Å². The second kappa shape index (κ2) is 5.23. The van der Waals surface area contributed by atoms with Crippen LogP contribution < -0.4 is 0 Å². The first-order valence-electron chi connectivity index (χ1n) is 7.24. The van der Waals surface area contributed by atoms with Gasteiger partial charge in [-0.3, -0.25) is 4.79 Å². The van der Waals surface area contributed by atoms with E-state index in [-0.39, 0.29) is 5.91 Å². The second-order valence-electron chi connectivity index (χ2n) is 5.65. The van der Waals surface area contributed by atoms with Crippen LogP contribution in [0.25, 0.3) is 11.2 Å². The molecule has 1 aliphatic heterocycles. The first-order chi connectivity index (χ1) is 9.69. The zero-order valence-corrected chi connectivity index (χ0v) is 12.0. The molecule has 1 N–H and O–H groups in total. The Morgan fingerprint density at radius 1 is 1.45 bits per heavy atom. The monoisotopic (exact) mass is 272 g/mol. The summed E-state index contributed by atoms with van der Waals surface area (Å²) in [6.07, 6.45) is 6.47. The summed E-state index contributed by atoms with van der Waals surface area (Å²) < 4.78 is 0. The van der Waals surface area contributed by atoms with Crippen molar-refractivity contribution in [3.05, 3.63) is 23.7 Å². The quantitative estimate of drug-likeness (QED) is 0.929. The molecule has 0 saturated carbocycles. The van der Waals surface area contributed by atoms with Gasteiger partial charge in [-0.05, 0) is 24.8 Å². The first-order valence-corrected chi connectivity index (χ1v) is 7.24. The molecule has 1 fully saturated rings. The van der Waals surface area contributed by atoms with Gasteiger partial charge >= 0.3 is 0 Å². The molecule has 5 nitrogen and oxygen atoms in total. The number of H-pyrrole nitrogens is 1. The molecule has 1 unspecified atom stereocenters. The number of likely N-dealkylation sites (tertiary alicyclic amines) is 1. The van der Waals surface area contributed by atoms with Crippen LogP contribution in [0, 0.1) is 12.8 Å². The van der Waals surface area contributed by atoms with Crippen molar-refractivity contribution in [3.8, 4) is 0 Å². The number of carbonyl (C=O) groups is 1. The summed E-state index contributed by atoms with van der Waals surface area (Å²) in [5, 5.41) is 0. The molecule has 1 saturated heterocycles. The number of nitrogens with zero attached hydrogens (tertiary/aromatic N) is 3. The van der Waals surface area contributed by atoms with Crippen molar-refractivity contribution in [2.45, 2.75) is 39.7 Å². The van der Waals surface area contributed by atoms with Gasteiger partial charge in [-0.1, -0.05) is 13.3 Å². The lowest BCUT2D eigenvalue weighted by atomic mass is 10.0. The van der Waals surface area contributed by atoms with E-state index in [1.807, 2.05) is 18.0 Å². The predicted molar refractivity (Wildman–Crippen MR) is 77.1 cm³/mol. The fourth-order valence-electron chi connectivity index (χ4n) is 3.04. The lowest BCUT2D eigenvalue weighted by Gasteiger charge is -2.18. The highest BCUT2D eigenvalue weighted by Crippen LogP contribution is 2.26. The van der Waals surface area contributed by atoms with Crippen LogP contribution in [0.3, 0.4) is 0 Å². The van der Waals surface area contributed by atoms with E-state index < -0.39 is 0 Å². The largest absolute Gasteiger partial charge is 0.343 e. The molecule has 106 valence electrons. The highest BCUT2D eigenvalue weighted by Gasteiger charge is 2.29. The van der Waals surface area contributed by atoms with Crippen LogP contribution in [0.2, 0.25) is 0 Å². The number of carbonyl (C=O) groups excluding carboxylic acids is 1. The number of aromatic amines is 1. The van der Waals surface area contributed by atoms with Gasteiger partial charge in [0.2, 0.25) is 5.91 Å². The maximum atomic E-state index is 12.1. The molecule has 1 aliphatic rings. The lowest BCUT2D eigenvalue weighted by molar-refractivity contribution is -0.128. The van der Waals surface area contributed by atoms with Crippen molar-refractivity contribution in [1.29, 1.82) is 0 Å². The maximum Gasteiger partial charge on any atom is 0.223 e. The third-order valence-electron chi connectivity index (χ3n) is 4.12. The zero-order valence-electron chi connectivity index (χ0n) is 12.0. The Labute approximate surface area is 118 Å². The Morgan fingerprint density at radius 2 is 2.30 bits per heavy atom. The minimum atomic E-state index is 0.271. The maximum absolute atomic E-state index is 12.1. The van der Waals surface area contributed by atoms with Crippen molar-refractivity contribution in [3.63, 3.8) is 0 Å². The molecule has 0 radical (unpaired) electrons. The molecule has 0 bridgehead atoms. The Hall–Kier alpha value is -1.91. The van der Waals surface area contributed by atoms with Gasteiger partial charge in [0.1, 0.15) is 0 Å². The van der Waals surface area contributed by atoms with Crippen LogP contribution in [0.1, 0.15) is 37.3 Å². The number of hydrogen-bond acceptors (Lipinski definition) is 3. The van der Waals surface area contributed by atoms with Crippen molar-refractivity contribution < 1.29 is 4.79 Å². The Balaban J connectivity index is 1.84. The molecule has 20 heavy (non-hydrogen) atoms. The second-order valence-corrected chi connectivity index (χ2v) is 5.65. The van der Waals surface area contributed by atoms with Gasteiger partial charge in [0.05, 0.1) is 11.8 Å². The normalized spacial score (nSPS) is 19.2. The minimum absolute atomic E-state index is 0.271. The van der Waals surface area contributed by atoms with Gasteiger partial charge in [0, 0.05) is 31.3 Å². The molecule has 3 heterocycles. The third-order valence-corrected chi connectivity index (χ3v) is 4.12. The van der Waals surface area contributed by atoms with E-state index in [4.69, 9.17) is 0 Å². The number of nitrogens with one attached hydrogen (secondary N) is 1. The van der Waals surface area contributed by atoms with Crippen LogP contribution in [-0.4, -0.2) is 32.3 Å². The van der Waals surface area contributed by atoms with E-state index >= 15 is 0 Å². The molecule has 0 aliphatic carbocycles. The number of aromatic nitrogens is 3. The smallest absolute Gasteiger partial charge is 0.223 e. The molecule has 0 aromatic carbocycles. The topological polar surface area (TPSA) is 61.9 Å². The lowest BCUT2D eigenvalue weighted by Crippen LogP contribution is -2.25. The summed E-state index contributed by atoms with van der Waals surface area (Å²) in [7, 11) is 0. The summed E-state index contributed by atoms with van der Waals surface area (Å²) >= 11 is 0. The van der Waals surface area contributed by atoms with Crippen molar-refractivity contribution in [1.82, 2.24) is 19.9 Å². The molecule has 2 aromatic rings. The van der Waals surface area contributed by atoms with Crippen LogP contribution in [0.4, 0.5) is 0 Å². The average molecular weight is 272 g/mol. The van der Waals surface area contributed by atoms with E-state index in [1.54, 1.807) is 6.33 Å². The van der Waals surface area contributed by atoms with Crippen LogP contribution in [-0.2, 0) is 11.3 Å². The standard InChI is InChI=1S/C15H20N4O/c1-3-4-11-5-13(20)19(7-11)8-12-10(2)6-16-15-14(12)17-9-18-15/h6,9,11H,3-5,7-8H2,1-2H3,(H,16,17,18). The third kappa shape index (κ3) is 2.28. The highest BCUT2D eigenvalue weighted by atomic mass is 16.2. The van der Waals surface area contributed by atoms with Gasteiger partial charge in [0.15, 0.2) is 5.65 Å². The SMILES string of the molecule is CCCC1CC(=O)N(Cc2c(C)cnc3nc[nH]c23)C1. The summed E-state index contributed by atoms with van der Waals surface area (Å²) in [6, 6.07) is 0. The van der Waals surface area contributed by atoms with Crippen LogP contribution in [0.5, 0.6) is 0 Å². The highest BCUT2D eigenvalue weighted by molar-refractivity contribution is 5.80. The van der Waals surface area contributed by atoms with Gasteiger partial charge in [-0.25, -0.2) is 9.97 Å².